The summed E-state index contributed by atoms with van der Waals surface area (Å²) in [6.07, 6.45) is 0. The van der Waals surface area contributed by atoms with E-state index in [0.29, 0.717) is 5.57 Å². The number of methoxy groups -OCH3 is 1. The highest BCUT2D eigenvalue weighted by molar-refractivity contribution is 6.01. The van der Waals surface area contributed by atoms with Gasteiger partial charge in [-0.05, 0) is 30.2 Å². The number of carboxylic acids is 1. The predicted octanol–water partition coefficient (Wildman–Crippen LogP) is -0.254. The Kier molecular flexibility index (Phi) is 8.56. The number of rotatable bonds is 8. The second-order valence-corrected chi connectivity index (χ2v) is 7.47. The van der Waals surface area contributed by atoms with Gasteiger partial charge in [0.2, 0.25) is 5.91 Å². The zero-order valence-electron chi connectivity index (χ0n) is 19.1. The molecule has 13 nitrogen and oxygen atoms in total. The molecule has 1 aromatic rings. The number of phenolic OH excluding ortho intramolecular Hbond substituents is 1. The molecule has 1 aromatic carbocycles. The molecule has 0 saturated carbocycles. The minimum Gasteiger partial charge on any atom is -0.508 e. The number of nitrogens with one attached hydrogen (secondary N) is 3. The topological polar surface area (TPSA) is 178 Å². The van der Waals surface area contributed by atoms with Crippen molar-refractivity contribution in [2.45, 2.75) is 19.0 Å². The van der Waals surface area contributed by atoms with Crippen LogP contribution in [0.15, 0.2) is 35.5 Å². The molecule has 0 aromatic heterocycles. The summed E-state index contributed by atoms with van der Waals surface area (Å²) in [5.41, 5.74) is 0.382. The Bertz CT molecular complexity index is 1010. The lowest BCUT2D eigenvalue weighted by Crippen LogP contribution is -2.65. The van der Waals surface area contributed by atoms with E-state index in [1.54, 1.807) is 0 Å². The third kappa shape index (κ3) is 5.81. The lowest BCUT2D eigenvalue weighted by Gasteiger charge is -2.39. The van der Waals surface area contributed by atoms with Gasteiger partial charge in [0, 0.05) is 21.2 Å². The van der Waals surface area contributed by atoms with Gasteiger partial charge in [-0.15, -0.1) is 0 Å². The average Bonchev–Trinajstić information content (AvgIpc) is 2.80. The molecule has 1 fully saturated rings. The molecule has 1 unspecified atom stereocenters. The van der Waals surface area contributed by atoms with Gasteiger partial charge in [0.15, 0.2) is 0 Å². The molecule has 1 aliphatic heterocycles. The van der Waals surface area contributed by atoms with E-state index in [4.69, 9.17) is 4.74 Å². The number of imide groups is 1. The number of β-lactam (4-membered cyclic amide) rings is 1. The summed E-state index contributed by atoms with van der Waals surface area (Å²) < 4.78 is 4.93. The molecule has 5 N–H and O–H groups in total. The third-order valence-corrected chi connectivity index (χ3v) is 5.06. The van der Waals surface area contributed by atoms with Crippen LogP contribution in [0, 0.1) is 0 Å². The number of nitrogens with zero attached hydrogens (tertiary/aromatic N) is 2. The number of carbonyl (C=O) groups is 5. The Morgan fingerprint density at radius 3 is 2.32 bits per heavy atom. The first-order chi connectivity index (χ1) is 16.0. The molecule has 1 aliphatic rings. The maximum atomic E-state index is 13.0. The normalized spacial score (nSPS) is 16.5. The van der Waals surface area contributed by atoms with Crippen LogP contribution in [0.25, 0.3) is 0 Å². The zero-order valence-corrected chi connectivity index (χ0v) is 19.1. The first kappa shape index (κ1) is 26.1. The Labute approximate surface area is 195 Å². The van der Waals surface area contributed by atoms with Crippen LogP contribution in [-0.2, 0) is 19.1 Å². The van der Waals surface area contributed by atoms with Crippen LogP contribution in [0.1, 0.15) is 18.5 Å². The molecule has 1 heterocycles. The number of ether oxygens (including phenoxy) is 1. The van der Waals surface area contributed by atoms with E-state index in [1.165, 1.54) is 52.4 Å². The Balaban J connectivity index is 2.20. The number of urea groups is 2. The van der Waals surface area contributed by atoms with Crippen LogP contribution >= 0.6 is 0 Å². The van der Waals surface area contributed by atoms with Gasteiger partial charge in [-0.25, -0.2) is 19.3 Å². The number of aromatic hydroxyl groups is 1. The highest BCUT2D eigenvalue weighted by Gasteiger charge is 2.43. The van der Waals surface area contributed by atoms with Crippen molar-refractivity contribution < 1.29 is 38.9 Å². The molecular formula is C21H27N5O8. The molecule has 2 atom stereocenters. The third-order valence-electron chi connectivity index (χ3n) is 5.06. The van der Waals surface area contributed by atoms with E-state index in [-0.39, 0.29) is 30.2 Å². The minimum atomic E-state index is -1.31. The molecule has 34 heavy (non-hydrogen) atoms. The van der Waals surface area contributed by atoms with Crippen LogP contribution in [0.4, 0.5) is 9.59 Å². The number of amides is 6. The number of phenols is 1. The summed E-state index contributed by atoms with van der Waals surface area (Å²) in [4.78, 5) is 63.1. The first-order valence-electron chi connectivity index (χ1n) is 10.1. The van der Waals surface area contributed by atoms with Gasteiger partial charge >= 0.3 is 18.0 Å². The van der Waals surface area contributed by atoms with Crippen LogP contribution in [0.2, 0.25) is 0 Å². The molecule has 0 spiro atoms. The summed E-state index contributed by atoms with van der Waals surface area (Å²) in [7, 11) is 3.93. The van der Waals surface area contributed by atoms with Crippen LogP contribution in [0.3, 0.4) is 0 Å². The number of hydrogen-bond acceptors (Lipinski definition) is 7. The molecule has 184 valence electrons. The van der Waals surface area contributed by atoms with E-state index in [2.05, 4.69) is 16.0 Å². The van der Waals surface area contributed by atoms with Gasteiger partial charge in [0.05, 0.1) is 13.2 Å². The van der Waals surface area contributed by atoms with Crippen molar-refractivity contribution in [1.82, 2.24) is 25.8 Å². The van der Waals surface area contributed by atoms with Crippen LogP contribution in [0.5, 0.6) is 5.75 Å². The van der Waals surface area contributed by atoms with Crippen molar-refractivity contribution in [2.75, 3.05) is 34.4 Å². The fourth-order valence-corrected chi connectivity index (χ4v) is 3.25. The summed E-state index contributed by atoms with van der Waals surface area (Å²) in [6.45, 7) is 1.43. The number of carbonyl (C=O) groups excluding carboxylic acids is 4. The number of benzene rings is 1. The molecule has 0 bridgehead atoms. The molecule has 0 aliphatic carbocycles. The zero-order chi connectivity index (χ0) is 25.6. The van der Waals surface area contributed by atoms with E-state index < -0.39 is 41.9 Å². The lowest BCUT2D eigenvalue weighted by molar-refractivity contribution is -0.149. The molecule has 6 amide bonds. The van der Waals surface area contributed by atoms with E-state index >= 15 is 0 Å². The van der Waals surface area contributed by atoms with E-state index in [9.17, 15) is 34.2 Å². The largest absolute Gasteiger partial charge is 0.508 e. The van der Waals surface area contributed by atoms with E-state index in [1.807, 2.05) is 0 Å². The number of aliphatic carboxylic acids is 1. The van der Waals surface area contributed by atoms with Crippen molar-refractivity contribution in [2.24, 2.45) is 0 Å². The van der Waals surface area contributed by atoms with Crippen LogP contribution < -0.4 is 16.0 Å². The predicted molar refractivity (Wildman–Crippen MR) is 117 cm³/mol. The van der Waals surface area contributed by atoms with Crippen LogP contribution in [-0.4, -0.2) is 90.3 Å². The Morgan fingerprint density at radius 1 is 1.21 bits per heavy atom. The fourth-order valence-electron chi connectivity index (χ4n) is 3.25. The van der Waals surface area contributed by atoms with Crippen molar-refractivity contribution in [3.05, 3.63) is 41.1 Å². The maximum Gasteiger partial charge on any atom is 0.352 e. The summed E-state index contributed by atoms with van der Waals surface area (Å²) in [5.74, 6) is -2.78. The van der Waals surface area contributed by atoms with Gasteiger partial charge in [-0.3, -0.25) is 9.59 Å². The summed E-state index contributed by atoms with van der Waals surface area (Å²) in [5, 5.41) is 26.2. The summed E-state index contributed by atoms with van der Waals surface area (Å²) >= 11 is 0. The number of likely N-dealkylation sites (tertiary alicyclic amines) is 1. The maximum absolute atomic E-state index is 13.0. The van der Waals surface area contributed by atoms with Gasteiger partial charge in [0.25, 0.3) is 5.91 Å². The molecule has 13 heteroatoms. The summed E-state index contributed by atoms with van der Waals surface area (Å²) in [6, 6.07) is 1.47. The Morgan fingerprint density at radius 2 is 1.82 bits per heavy atom. The second kappa shape index (κ2) is 11.1. The van der Waals surface area contributed by atoms with Gasteiger partial charge in [-0.2, -0.15) is 0 Å². The lowest BCUT2D eigenvalue weighted by atomic mass is 10.0. The number of hydrogen-bond donors (Lipinski definition) is 5. The van der Waals surface area contributed by atoms with Crippen molar-refractivity contribution >= 4 is 29.8 Å². The van der Waals surface area contributed by atoms with E-state index in [0.717, 1.165) is 9.80 Å². The smallest absolute Gasteiger partial charge is 0.352 e. The monoisotopic (exact) mass is 477 g/mol. The standard InChI is InChI=1S/C21H27N5O8/c1-11(10-34-4)16(19(30)31)26-9-14(18(26)29)23-17(28)15(12-5-7-13(27)8-6-12)24-21(33)25(3)20(32)22-2/h5-8,14-15,27H,9-10H2,1-4H3,(H,22,32)(H,23,28)(H,24,33)(H,30,31)/t14?,15-/m1/s1. The Hall–Kier alpha value is -4.13. The second-order valence-electron chi connectivity index (χ2n) is 7.47. The SMILES string of the molecule is CNC(=O)N(C)C(=O)N[C@@H](C(=O)NC1CN(C(C(=O)O)=C(C)COC)C1=O)c1ccc(O)cc1. The van der Waals surface area contributed by atoms with Crippen molar-refractivity contribution in [3.63, 3.8) is 0 Å². The van der Waals surface area contributed by atoms with Crippen molar-refractivity contribution in [3.8, 4) is 5.75 Å². The van der Waals surface area contributed by atoms with Gasteiger partial charge in [0.1, 0.15) is 23.5 Å². The fraction of sp³-hybridized carbons (Fsp3) is 0.381. The molecular weight excluding hydrogens is 450 g/mol. The van der Waals surface area contributed by atoms with Crippen molar-refractivity contribution in [1.29, 1.82) is 0 Å². The first-order valence-corrected chi connectivity index (χ1v) is 10.1. The molecule has 2 rings (SSSR count). The molecule has 1 saturated heterocycles. The average molecular weight is 477 g/mol. The highest BCUT2D eigenvalue weighted by Crippen LogP contribution is 2.23. The quantitative estimate of drug-likeness (QED) is 0.251. The minimum absolute atomic E-state index is 0.0102. The van der Waals surface area contributed by atoms with Gasteiger partial charge < -0.3 is 35.8 Å². The highest BCUT2D eigenvalue weighted by atomic mass is 16.5. The van der Waals surface area contributed by atoms with Gasteiger partial charge in [-0.1, -0.05) is 12.1 Å². The number of carboxylic acid groups (broad SMARTS) is 1. The molecule has 0 radical (unpaired) electrons.